The van der Waals surface area contributed by atoms with Crippen LogP contribution in [-0.2, 0) is 0 Å². The minimum Gasteiger partial charge on any atom is -0.158 e. The molecular weight excluding hydrogens is 140 g/mol. The molecule has 0 N–H and O–H groups in total. The first-order valence-electron chi connectivity index (χ1n) is 2.75. The second kappa shape index (κ2) is 3.41. The summed E-state index contributed by atoms with van der Waals surface area (Å²) in [6.07, 6.45) is 3.44. The Kier molecular flexibility index (Phi) is 2.77. The largest absolute Gasteiger partial charge is 0.158 e. The van der Waals surface area contributed by atoms with E-state index >= 15 is 0 Å². The van der Waals surface area contributed by atoms with Crippen LogP contribution in [0.15, 0.2) is 11.6 Å². The highest BCUT2D eigenvalue weighted by Crippen LogP contribution is 2.17. The van der Waals surface area contributed by atoms with Gasteiger partial charge in [-0.1, -0.05) is 11.6 Å². The third-order valence-electron chi connectivity index (χ3n) is 1.23. The number of rotatable bonds is 1. The molecule has 8 heavy (non-hydrogen) atoms. The molecular formula is C6H9ClS. The van der Waals surface area contributed by atoms with Gasteiger partial charge in [0.05, 0.1) is 0 Å². The first kappa shape index (κ1) is 6.50. The van der Waals surface area contributed by atoms with E-state index in [0.29, 0.717) is 0 Å². The molecule has 0 atom stereocenters. The summed E-state index contributed by atoms with van der Waals surface area (Å²) in [5.74, 6) is 3.17. The van der Waals surface area contributed by atoms with Gasteiger partial charge in [0.2, 0.25) is 0 Å². The second-order valence-electron chi connectivity index (χ2n) is 1.82. The van der Waals surface area contributed by atoms with Gasteiger partial charge in [-0.15, -0.1) is 11.6 Å². The van der Waals surface area contributed by atoms with Crippen LogP contribution in [0.1, 0.15) is 6.42 Å². The molecule has 1 aliphatic rings. The van der Waals surface area contributed by atoms with Crippen molar-refractivity contribution < 1.29 is 0 Å². The lowest BCUT2D eigenvalue weighted by Gasteiger charge is -2.07. The molecule has 0 nitrogen and oxygen atoms in total. The molecule has 0 fully saturated rings. The zero-order valence-electron chi connectivity index (χ0n) is 4.69. The lowest BCUT2D eigenvalue weighted by molar-refractivity contribution is 1.10. The van der Waals surface area contributed by atoms with Crippen molar-refractivity contribution in [3.05, 3.63) is 11.6 Å². The highest BCUT2D eigenvalue weighted by molar-refractivity contribution is 7.99. The summed E-state index contributed by atoms with van der Waals surface area (Å²) < 4.78 is 0. The first-order valence-corrected chi connectivity index (χ1v) is 4.44. The van der Waals surface area contributed by atoms with Gasteiger partial charge in [-0.2, -0.15) is 11.8 Å². The lowest BCUT2D eigenvalue weighted by Crippen LogP contribution is -1.95. The van der Waals surface area contributed by atoms with E-state index in [-0.39, 0.29) is 0 Å². The molecule has 46 valence electrons. The Balaban J connectivity index is 2.37. The predicted octanol–water partition coefficient (Wildman–Crippen LogP) is 2.29. The van der Waals surface area contributed by atoms with Gasteiger partial charge in [0.25, 0.3) is 0 Å². The highest BCUT2D eigenvalue weighted by Gasteiger charge is 2.00. The maximum atomic E-state index is 5.60. The average molecular weight is 149 g/mol. The number of thioether (sulfide) groups is 1. The number of hydrogen-bond donors (Lipinski definition) is 0. The molecule has 0 aromatic heterocycles. The smallest absolute Gasteiger partial charge is 0.0434 e. The predicted molar refractivity (Wildman–Crippen MR) is 40.7 cm³/mol. The maximum absolute atomic E-state index is 5.60. The van der Waals surface area contributed by atoms with E-state index in [0.717, 1.165) is 5.88 Å². The van der Waals surface area contributed by atoms with E-state index in [9.17, 15) is 0 Å². The fourth-order valence-corrected chi connectivity index (χ4v) is 1.86. The Morgan fingerprint density at radius 3 is 3.00 bits per heavy atom. The van der Waals surface area contributed by atoms with E-state index in [1.165, 1.54) is 23.5 Å². The van der Waals surface area contributed by atoms with Crippen molar-refractivity contribution in [3.63, 3.8) is 0 Å². The van der Waals surface area contributed by atoms with Gasteiger partial charge in [-0.3, -0.25) is 0 Å². The van der Waals surface area contributed by atoms with Crippen LogP contribution in [-0.4, -0.2) is 17.4 Å². The lowest BCUT2D eigenvalue weighted by atomic mass is 10.2. The zero-order chi connectivity index (χ0) is 5.82. The van der Waals surface area contributed by atoms with Crippen molar-refractivity contribution in [1.82, 2.24) is 0 Å². The average Bonchev–Trinajstić information content (AvgIpc) is 1.90. The Hall–Kier alpha value is 0.380. The molecule has 1 rings (SSSR count). The summed E-state index contributed by atoms with van der Waals surface area (Å²) in [5.41, 5.74) is 1.42. The van der Waals surface area contributed by atoms with Crippen LogP contribution in [0.2, 0.25) is 0 Å². The summed E-state index contributed by atoms with van der Waals surface area (Å²) >= 11 is 7.58. The summed E-state index contributed by atoms with van der Waals surface area (Å²) in [4.78, 5) is 0. The standard InChI is InChI=1S/C6H9ClS/c7-5-6-1-3-8-4-2-6/h1H,2-5H2. The molecule has 0 bridgehead atoms. The Morgan fingerprint density at radius 2 is 2.62 bits per heavy atom. The number of halogens is 1. The van der Waals surface area contributed by atoms with Crippen molar-refractivity contribution in [1.29, 1.82) is 0 Å². The number of hydrogen-bond acceptors (Lipinski definition) is 1. The Labute approximate surface area is 59.3 Å². The molecule has 0 saturated carbocycles. The van der Waals surface area contributed by atoms with Crippen molar-refractivity contribution in [3.8, 4) is 0 Å². The third kappa shape index (κ3) is 1.71. The van der Waals surface area contributed by atoms with Crippen molar-refractivity contribution >= 4 is 23.4 Å². The summed E-state index contributed by atoms with van der Waals surface area (Å²) in [6.45, 7) is 0. The molecule has 0 aromatic rings. The Bertz CT molecular complexity index is 98.7. The van der Waals surface area contributed by atoms with Crippen LogP contribution in [0.25, 0.3) is 0 Å². The van der Waals surface area contributed by atoms with Crippen molar-refractivity contribution in [2.45, 2.75) is 6.42 Å². The van der Waals surface area contributed by atoms with E-state index in [4.69, 9.17) is 11.6 Å². The van der Waals surface area contributed by atoms with Gasteiger partial charge < -0.3 is 0 Å². The summed E-state index contributed by atoms with van der Waals surface area (Å²) in [7, 11) is 0. The monoisotopic (exact) mass is 148 g/mol. The van der Waals surface area contributed by atoms with Crippen LogP contribution in [0.5, 0.6) is 0 Å². The van der Waals surface area contributed by atoms with Gasteiger partial charge in [0.1, 0.15) is 0 Å². The van der Waals surface area contributed by atoms with Crippen LogP contribution in [0.4, 0.5) is 0 Å². The summed E-state index contributed by atoms with van der Waals surface area (Å²) in [5, 5.41) is 0. The third-order valence-corrected chi connectivity index (χ3v) is 2.47. The van der Waals surface area contributed by atoms with Crippen LogP contribution in [0.3, 0.4) is 0 Å². The molecule has 1 aliphatic heterocycles. The van der Waals surface area contributed by atoms with E-state index < -0.39 is 0 Å². The van der Waals surface area contributed by atoms with E-state index in [1.807, 2.05) is 11.8 Å². The molecule has 0 radical (unpaired) electrons. The maximum Gasteiger partial charge on any atom is 0.0434 e. The summed E-state index contributed by atoms with van der Waals surface area (Å²) in [6, 6.07) is 0. The quantitative estimate of drug-likeness (QED) is 0.406. The van der Waals surface area contributed by atoms with Crippen LogP contribution < -0.4 is 0 Å². The number of allylic oxidation sites excluding steroid dienone is 1. The first-order chi connectivity index (χ1) is 3.93. The zero-order valence-corrected chi connectivity index (χ0v) is 6.26. The van der Waals surface area contributed by atoms with Gasteiger partial charge in [0, 0.05) is 11.6 Å². The molecule has 0 amide bonds. The minimum atomic E-state index is 0.737. The normalized spacial score (nSPS) is 20.4. The molecule has 0 spiro atoms. The minimum absolute atomic E-state index is 0.737. The molecule has 2 heteroatoms. The molecule has 0 aliphatic carbocycles. The molecule has 0 unspecified atom stereocenters. The van der Waals surface area contributed by atoms with E-state index in [2.05, 4.69) is 6.08 Å². The second-order valence-corrected chi connectivity index (χ2v) is 3.24. The van der Waals surface area contributed by atoms with Crippen molar-refractivity contribution in [2.75, 3.05) is 17.4 Å². The van der Waals surface area contributed by atoms with Gasteiger partial charge in [-0.25, -0.2) is 0 Å². The van der Waals surface area contributed by atoms with Gasteiger partial charge in [-0.05, 0) is 12.2 Å². The van der Waals surface area contributed by atoms with Crippen molar-refractivity contribution in [2.24, 2.45) is 0 Å². The fourth-order valence-electron chi connectivity index (χ4n) is 0.687. The number of alkyl halides is 1. The Morgan fingerprint density at radius 1 is 1.75 bits per heavy atom. The van der Waals surface area contributed by atoms with Crippen LogP contribution in [0, 0.1) is 0 Å². The van der Waals surface area contributed by atoms with Crippen LogP contribution >= 0.6 is 23.4 Å². The highest BCUT2D eigenvalue weighted by atomic mass is 35.5. The van der Waals surface area contributed by atoms with Gasteiger partial charge in [0.15, 0.2) is 0 Å². The fraction of sp³-hybridized carbons (Fsp3) is 0.667. The topological polar surface area (TPSA) is 0 Å². The molecule has 0 aromatic carbocycles. The molecule has 1 heterocycles. The van der Waals surface area contributed by atoms with Gasteiger partial charge >= 0.3 is 0 Å². The van der Waals surface area contributed by atoms with E-state index in [1.54, 1.807) is 0 Å². The SMILES string of the molecule is ClCC1=CCSCC1. The molecule has 0 saturated heterocycles.